The number of methoxy groups -OCH3 is 1. The van der Waals surface area contributed by atoms with Crippen LogP contribution in [0.1, 0.15) is 11.1 Å². The van der Waals surface area contributed by atoms with Crippen molar-refractivity contribution in [3.05, 3.63) is 121 Å². The monoisotopic (exact) mass is 451 g/mol. The number of aromatic nitrogens is 1. The van der Waals surface area contributed by atoms with E-state index in [1.807, 2.05) is 114 Å². The fourth-order valence-corrected chi connectivity index (χ4v) is 4.34. The molecule has 5 aromatic rings. The van der Waals surface area contributed by atoms with Crippen molar-refractivity contribution in [2.45, 2.75) is 0 Å². The van der Waals surface area contributed by atoms with Gasteiger partial charge in [-0.15, -0.1) is 0 Å². The zero-order valence-corrected chi connectivity index (χ0v) is 19.1. The normalized spacial score (nSPS) is 10.4. The lowest BCUT2D eigenvalue weighted by Crippen LogP contribution is -2.03. The highest BCUT2D eigenvalue weighted by Gasteiger charge is 2.21. The first-order valence-corrected chi connectivity index (χ1v) is 11.2. The molecule has 166 valence electrons. The maximum atomic E-state index is 10.2. The van der Waals surface area contributed by atoms with Crippen LogP contribution in [0.4, 0.5) is 0 Å². The summed E-state index contributed by atoms with van der Waals surface area (Å²) >= 11 is 0. The Kier molecular flexibility index (Phi) is 5.87. The SMILES string of the molecule is COc1ccc(-c2ccc(-c3cc(-c4ccccc4)c(C#N)c(-n4cccc4)c3C#N)cc2)cc1. The predicted molar refractivity (Wildman–Crippen MR) is 138 cm³/mol. The van der Waals surface area contributed by atoms with Crippen molar-refractivity contribution >= 4 is 0 Å². The Morgan fingerprint density at radius 2 is 1.09 bits per heavy atom. The quantitative estimate of drug-likeness (QED) is 0.283. The Hall–Kier alpha value is -5.06. The second kappa shape index (κ2) is 9.43. The molecule has 0 fully saturated rings. The Morgan fingerprint density at radius 1 is 0.600 bits per heavy atom. The summed E-state index contributed by atoms with van der Waals surface area (Å²) in [6, 6.07) is 36.4. The number of rotatable bonds is 5. The second-order valence-corrected chi connectivity index (χ2v) is 8.06. The highest BCUT2D eigenvalue weighted by atomic mass is 16.5. The lowest BCUT2D eigenvalue weighted by atomic mass is 9.89. The van der Waals surface area contributed by atoms with E-state index in [-0.39, 0.29) is 0 Å². The van der Waals surface area contributed by atoms with E-state index in [2.05, 4.69) is 12.1 Å². The molecule has 0 saturated carbocycles. The molecule has 5 rings (SSSR count). The van der Waals surface area contributed by atoms with Crippen molar-refractivity contribution in [3.63, 3.8) is 0 Å². The molecule has 0 aliphatic rings. The van der Waals surface area contributed by atoms with Crippen molar-refractivity contribution in [3.8, 4) is 57.0 Å². The first-order chi connectivity index (χ1) is 17.2. The average molecular weight is 452 g/mol. The summed E-state index contributed by atoms with van der Waals surface area (Å²) in [6.45, 7) is 0. The molecule has 0 amide bonds. The molecule has 0 spiro atoms. The van der Waals surface area contributed by atoms with Gasteiger partial charge in [0.25, 0.3) is 0 Å². The van der Waals surface area contributed by atoms with Gasteiger partial charge in [0, 0.05) is 23.5 Å². The van der Waals surface area contributed by atoms with Crippen LogP contribution >= 0.6 is 0 Å². The Balaban J connectivity index is 1.71. The highest BCUT2D eigenvalue weighted by molar-refractivity contribution is 5.87. The van der Waals surface area contributed by atoms with Gasteiger partial charge in [-0.1, -0.05) is 66.7 Å². The predicted octanol–water partition coefficient (Wildman–Crippen LogP) is 7.23. The average Bonchev–Trinajstić information content (AvgIpc) is 3.47. The third-order valence-corrected chi connectivity index (χ3v) is 6.09. The van der Waals surface area contributed by atoms with Gasteiger partial charge in [0.15, 0.2) is 0 Å². The van der Waals surface area contributed by atoms with Crippen molar-refractivity contribution in [1.82, 2.24) is 4.57 Å². The first-order valence-electron chi connectivity index (χ1n) is 11.2. The molecule has 0 aliphatic carbocycles. The third kappa shape index (κ3) is 4.06. The minimum atomic E-state index is 0.467. The first kappa shape index (κ1) is 21.8. The molecule has 4 heteroatoms. The fourth-order valence-electron chi connectivity index (χ4n) is 4.34. The number of nitriles is 2. The van der Waals surface area contributed by atoms with Gasteiger partial charge < -0.3 is 9.30 Å². The van der Waals surface area contributed by atoms with Crippen LogP contribution < -0.4 is 4.74 Å². The minimum absolute atomic E-state index is 0.467. The van der Waals surface area contributed by atoms with Crippen molar-refractivity contribution < 1.29 is 4.74 Å². The van der Waals surface area contributed by atoms with E-state index in [1.54, 1.807) is 7.11 Å². The summed E-state index contributed by atoms with van der Waals surface area (Å²) in [7, 11) is 1.65. The van der Waals surface area contributed by atoms with Gasteiger partial charge in [-0.25, -0.2) is 0 Å². The zero-order chi connectivity index (χ0) is 24.2. The van der Waals surface area contributed by atoms with E-state index in [0.717, 1.165) is 39.1 Å². The summed E-state index contributed by atoms with van der Waals surface area (Å²) in [5.74, 6) is 0.813. The topological polar surface area (TPSA) is 61.7 Å². The van der Waals surface area contributed by atoms with Gasteiger partial charge in [-0.3, -0.25) is 0 Å². The number of nitrogens with zero attached hydrogens (tertiary/aromatic N) is 3. The van der Waals surface area contributed by atoms with Crippen LogP contribution in [0.15, 0.2) is 109 Å². The maximum absolute atomic E-state index is 10.2. The molecular weight excluding hydrogens is 430 g/mol. The van der Waals surface area contributed by atoms with Crippen LogP contribution in [0, 0.1) is 22.7 Å². The Labute approximate surface area is 204 Å². The van der Waals surface area contributed by atoms with Gasteiger partial charge in [-0.2, -0.15) is 10.5 Å². The molecule has 0 aliphatic heterocycles. The number of hydrogen-bond acceptors (Lipinski definition) is 3. The van der Waals surface area contributed by atoms with E-state index in [0.29, 0.717) is 16.8 Å². The second-order valence-electron chi connectivity index (χ2n) is 8.06. The van der Waals surface area contributed by atoms with Crippen LogP contribution in [0.5, 0.6) is 5.75 Å². The van der Waals surface area contributed by atoms with E-state index in [9.17, 15) is 10.5 Å². The summed E-state index contributed by atoms with van der Waals surface area (Å²) in [6.07, 6.45) is 3.73. The van der Waals surface area contributed by atoms with E-state index in [1.165, 1.54) is 0 Å². The van der Waals surface area contributed by atoms with Crippen LogP contribution in [-0.4, -0.2) is 11.7 Å². The van der Waals surface area contributed by atoms with Gasteiger partial charge >= 0.3 is 0 Å². The lowest BCUT2D eigenvalue weighted by Gasteiger charge is -2.17. The Morgan fingerprint density at radius 3 is 1.60 bits per heavy atom. The molecule has 4 nitrogen and oxygen atoms in total. The van der Waals surface area contributed by atoms with E-state index < -0.39 is 0 Å². The molecule has 1 aromatic heterocycles. The molecule has 35 heavy (non-hydrogen) atoms. The maximum Gasteiger partial charge on any atom is 0.118 e. The van der Waals surface area contributed by atoms with Gasteiger partial charge in [0.05, 0.1) is 23.9 Å². The summed E-state index contributed by atoms with van der Waals surface area (Å²) in [4.78, 5) is 0. The number of hydrogen-bond donors (Lipinski definition) is 0. The highest BCUT2D eigenvalue weighted by Crippen LogP contribution is 2.38. The molecule has 4 aromatic carbocycles. The Bertz CT molecular complexity index is 1550. The molecule has 0 N–H and O–H groups in total. The molecule has 0 saturated heterocycles. The molecular formula is C31H21N3O. The van der Waals surface area contributed by atoms with Crippen LogP contribution in [0.3, 0.4) is 0 Å². The molecule has 0 radical (unpaired) electrons. The molecule has 1 heterocycles. The van der Waals surface area contributed by atoms with Crippen molar-refractivity contribution in [2.75, 3.05) is 7.11 Å². The molecule has 0 unspecified atom stereocenters. The van der Waals surface area contributed by atoms with E-state index in [4.69, 9.17) is 4.74 Å². The number of ether oxygens (including phenoxy) is 1. The summed E-state index contributed by atoms with van der Waals surface area (Å²) < 4.78 is 7.11. The van der Waals surface area contributed by atoms with Gasteiger partial charge in [0.1, 0.15) is 17.9 Å². The zero-order valence-electron chi connectivity index (χ0n) is 19.1. The largest absolute Gasteiger partial charge is 0.497 e. The van der Waals surface area contributed by atoms with Crippen LogP contribution in [0.2, 0.25) is 0 Å². The standard InChI is InChI=1S/C31H21N3O/c1-35-26-15-13-23(14-16-26)22-9-11-25(12-10-22)28-19-27(24-7-3-2-4-8-24)29(20-32)31(30(28)21-33)34-17-5-6-18-34/h2-19H,1H3. The molecule has 0 bridgehead atoms. The van der Waals surface area contributed by atoms with Gasteiger partial charge in [0.2, 0.25) is 0 Å². The van der Waals surface area contributed by atoms with Crippen molar-refractivity contribution in [1.29, 1.82) is 10.5 Å². The van der Waals surface area contributed by atoms with E-state index >= 15 is 0 Å². The molecule has 0 atom stereocenters. The summed E-state index contributed by atoms with van der Waals surface area (Å²) in [5.41, 5.74) is 7.10. The van der Waals surface area contributed by atoms with Gasteiger partial charge in [-0.05, 0) is 52.6 Å². The smallest absolute Gasteiger partial charge is 0.118 e. The summed E-state index contributed by atoms with van der Waals surface area (Å²) in [5, 5.41) is 20.4. The van der Waals surface area contributed by atoms with Crippen LogP contribution in [0.25, 0.3) is 39.1 Å². The van der Waals surface area contributed by atoms with Crippen LogP contribution in [-0.2, 0) is 0 Å². The lowest BCUT2D eigenvalue weighted by molar-refractivity contribution is 0.415. The third-order valence-electron chi connectivity index (χ3n) is 6.09. The fraction of sp³-hybridized carbons (Fsp3) is 0.0323. The minimum Gasteiger partial charge on any atom is -0.497 e. The number of benzene rings is 4. The van der Waals surface area contributed by atoms with Crippen molar-refractivity contribution in [2.24, 2.45) is 0 Å².